The van der Waals surface area contributed by atoms with E-state index < -0.39 is 0 Å². The summed E-state index contributed by atoms with van der Waals surface area (Å²) >= 11 is 0. The Balaban J connectivity index is 2.47. The molecular weight excluding hydrogens is 210 g/mol. The Kier molecular flexibility index (Phi) is 5.67. The number of hydrogen-bond donors (Lipinski definition) is 1. The summed E-state index contributed by atoms with van der Waals surface area (Å²) in [4.78, 5) is 12.0. The molecule has 1 N–H and O–H groups in total. The van der Waals surface area contributed by atoms with Gasteiger partial charge in [-0.05, 0) is 24.0 Å². The Morgan fingerprint density at radius 3 is 1.71 bits per heavy atom. The van der Waals surface area contributed by atoms with Crippen LogP contribution in [0.2, 0.25) is 0 Å². The van der Waals surface area contributed by atoms with E-state index in [1.54, 1.807) is 0 Å². The van der Waals surface area contributed by atoms with Gasteiger partial charge in [0, 0.05) is 25.5 Å². The van der Waals surface area contributed by atoms with Crippen LogP contribution >= 0.6 is 0 Å². The average Bonchev–Trinajstić information content (AvgIpc) is 2.65. The Morgan fingerprint density at radius 2 is 1.35 bits per heavy atom. The summed E-state index contributed by atoms with van der Waals surface area (Å²) < 4.78 is 0. The van der Waals surface area contributed by atoms with Crippen molar-refractivity contribution in [2.24, 2.45) is 21.8 Å². The molecule has 0 aliphatic rings. The first-order valence-corrected chi connectivity index (χ1v) is 6.26. The van der Waals surface area contributed by atoms with Crippen LogP contribution in [0.5, 0.6) is 0 Å². The van der Waals surface area contributed by atoms with Crippen LogP contribution in [0.4, 0.5) is 0 Å². The SMILES string of the molecule is CC(C)CN=Cc1ccc(C=NCC(C)C)[nH]1. The summed E-state index contributed by atoms with van der Waals surface area (Å²) in [5.41, 5.74) is 2.08. The third-order valence-corrected chi connectivity index (χ3v) is 2.13. The summed E-state index contributed by atoms with van der Waals surface area (Å²) in [6.45, 7) is 10.4. The van der Waals surface area contributed by atoms with Gasteiger partial charge in [-0.15, -0.1) is 0 Å². The maximum Gasteiger partial charge on any atom is 0.0566 e. The summed E-state index contributed by atoms with van der Waals surface area (Å²) in [6, 6.07) is 4.06. The van der Waals surface area contributed by atoms with Crippen molar-refractivity contribution in [3.05, 3.63) is 23.5 Å². The van der Waals surface area contributed by atoms with Gasteiger partial charge in [-0.25, -0.2) is 0 Å². The summed E-state index contributed by atoms with van der Waals surface area (Å²) in [7, 11) is 0. The minimum absolute atomic E-state index is 0.605. The van der Waals surface area contributed by atoms with E-state index in [1.807, 2.05) is 24.6 Å². The van der Waals surface area contributed by atoms with E-state index in [0.29, 0.717) is 11.8 Å². The predicted octanol–water partition coefficient (Wildman–Crippen LogP) is 3.16. The average molecular weight is 233 g/mol. The molecule has 1 aromatic rings. The topological polar surface area (TPSA) is 40.5 Å². The van der Waals surface area contributed by atoms with Gasteiger partial charge in [0.2, 0.25) is 0 Å². The van der Waals surface area contributed by atoms with Gasteiger partial charge in [-0.2, -0.15) is 0 Å². The zero-order valence-corrected chi connectivity index (χ0v) is 11.3. The van der Waals surface area contributed by atoms with Gasteiger partial charge in [-0.3, -0.25) is 9.98 Å². The lowest BCUT2D eigenvalue weighted by Gasteiger charge is -1.96. The third-order valence-electron chi connectivity index (χ3n) is 2.13. The summed E-state index contributed by atoms with van der Waals surface area (Å²) in [5.74, 6) is 1.21. The van der Waals surface area contributed by atoms with E-state index in [0.717, 1.165) is 24.5 Å². The lowest BCUT2D eigenvalue weighted by Crippen LogP contribution is -1.94. The largest absolute Gasteiger partial charge is 0.353 e. The number of hydrogen-bond acceptors (Lipinski definition) is 2. The molecule has 0 aromatic carbocycles. The van der Waals surface area contributed by atoms with Crippen LogP contribution in [0.3, 0.4) is 0 Å². The molecule has 17 heavy (non-hydrogen) atoms. The molecular formula is C14H23N3. The second kappa shape index (κ2) is 7.05. The number of aliphatic imine (C=N–C) groups is 2. The van der Waals surface area contributed by atoms with Crippen molar-refractivity contribution < 1.29 is 0 Å². The van der Waals surface area contributed by atoms with Crippen molar-refractivity contribution in [1.82, 2.24) is 4.98 Å². The Hall–Kier alpha value is -1.38. The number of H-pyrrole nitrogens is 1. The first-order chi connectivity index (χ1) is 8.08. The number of aromatic nitrogens is 1. The Labute approximate surface area is 104 Å². The van der Waals surface area contributed by atoms with Crippen LogP contribution in [0, 0.1) is 11.8 Å². The number of nitrogens with zero attached hydrogens (tertiary/aromatic N) is 2. The third kappa shape index (κ3) is 6.05. The fraction of sp³-hybridized carbons (Fsp3) is 0.571. The van der Waals surface area contributed by atoms with Crippen LogP contribution in [0.1, 0.15) is 39.1 Å². The van der Waals surface area contributed by atoms with Gasteiger partial charge in [0.25, 0.3) is 0 Å². The molecule has 0 aliphatic heterocycles. The molecule has 1 rings (SSSR count). The van der Waals surface area contributed by atoms with Crippen molar-refractivity contribution in [3.63, 3.8) is 0 Å². The molecule has 0 aliphatic carbocycles. The smallest absolute Gasteiger partial charge is 0.0566 e. The second-order valence-corrected chi connectivity index (χ2v) is 5.15. The van der Waals surface area contributed by atoms with E-state index >= 15 is 0 Å². The number of nitrogens with one attached hydrogen (secondary N) is 1. The Morgan fingerprint density at radius 1 is 0.941 bits per heavy atom. The standard InChI is InChI=1S/C14H23N3/c1-11(2)7-15-9-13-5-6-14(17-13)10-16-8-12(3)4/h5-6,9-12,17H,7-8H2,1-4H3. The van der Waals surface area contributed by atoms with Gasteiger partial charge in [0.15, 0.2) is 0 Å². The molecule has 0 amide bonds. The van der Waals surface area contributed by atoms with Gasteiger partial charge in [0.05, 0.1) is 11.4 Å². The molecule has 94 valence electrons. The highest BCUT2D eigenvalue weighted by molar-refractivity contribution is 5.83. The molecule has 0 saturated carbocycles. The lowest BCUT2D eigenvalue weighted by atomic mass is 10.2. The van der Waals surface area contributed by atoms with Crippen molar-refractivity contribution in [2.45, 2.75) is 27.7 Å². The monoisotopic (exact) mass is 233 g/mol. The molecule has 0 spiro atoms. The molecule has 0 saturated heterocycles. The maximum atomic E-state index is 4.36. The van der Waals surface area contributed by atoms with Crippen molar-refractivity contribution in [1.29, 1.82) is 0 Å². The van der Waals surface area contributed by atoms with Gasteiger partial charge in [0.1, 0.15) is 0 Å². The van der Waals surface area contributed by atoms with Crippen molar-refractivity contribution >= 4 is 12.4 Å². The van der Waals surface area contributed by atoms with Crippen LogP contribution in [-0.4, -0.2) is 30.5 Å². The zero-order valence-electron chi connectivity index (χ0n) is 11.3. The van der Waals surface area contributed by atoms with E-state index in [4.69, 9.17) is 0 Å². The van der Waals surface area contributed by atoms with Gasteiger partial charge >= 0.3 is 0 Å². The summed E-state index contributed by atoms with van der Waals surface area (Å²) in [5, 5.41) is 0. The van der Waals surface area contributed by atoms with E-state index in [9.17, 15) is 0 Å². The van der Waals surface area contributed by atoms with Crippen LogP contribution in [-0.2, 0) is 0 Å². The fourth-order valence-electron chi connectivity index (χ4n) is 1.30. The number of rotatable bonds is 6. The van der Waals surface area contributed by atoms with Crippen LogP contribution in [0.25, 0.3) is 0 Å². The summed E-state index contributed by atoms with van der Waals surface area (Å²) in [6.07, 6.45) is 3.78. The Bertz CT molecular complexity index is 338. The first kappa shape index (κ1) is 13.7. The second-order valence-electron chi connectivity index (χ2n) is 5.15. The van der Waals surface area contributed by atoms with Crippen LogP contribution < -0.4 is 0 Å². The molecule has 0 unspecified atom stereocenters. The highest BCUT2D eigenvalue weighted by Crippen LogP contribution is 1.99. The molecule has 3 heteroatoms. The van der Waals surface area contributed by atoms with Crippen LogP contribution in [0.15, 0.2) is 22.1 Å². The first-order valence-electron chi connectivity index (χ1n) is 6.26. The number of aromatic amines is 1. The molecule has 1 heterocycles. The lowest BCUT2D eigenvalue weighted by molar-refractivity contribution is 0.667. The van der Waals surface area contributed by atoms with E-state index in [1.165, 1.54) is 0 Å². The quantitative estimate of drug-likeness (QED) is 0.733. The molecule has 0 radical (unpaired) electrons. The van der Waals surface area contributed by atoms with Crippen molar-refractivity contribution in [3.8, 4) is 0 Å². The molecule has 0 fully saturated rings. The fourth-order valence-corrected chi connectivity index (χ4v) is 1.30. The highest BCUT2D eigenvalue weighted by Gasteiger charge is 1.94. The normalized spacial score (nSPS) is 12.6. The minimum atomic E-state index is 0.605. The highest BCUT2D eigenvalue weighted by atomic mass is 14.8. The van der Waals surface area contributed by atoms with Gasteiger partial charge < -0.3 is 4.98 Å². The van der Waals surface area contributed by atoms with Gasteiger partial charge in [-0.1, -0.05) is 27.7 Å². The predicted molar refractivity (Wildman–Crippen MR) is 75.4 cm³/mol. The zero-order chi connectivity index (χ0) is 12.7. The minimum Gasteiger partial charge on any atom is -0.353 e. The maximum absolute atomic E-state index is 4.36. The van der Waals surface area contributed by atoms with E-state index in [-0.39, 0.29) is 0 Å². The molecule has 0 bridgehead atoms. The molecule has 1 aromatic heterocycles. The van der Waals surface area contributed by atoms with E-state index in [2.05, 4.69) is 42.7 Å². The molecule has 3 nitrogen and oxygen atoms in total. The van der Waals surface area contributed by atoms with Crippen molar-refractivity contribution in [2.75, 3.05) is 13.1 Å². The molecule has 0 atom stereocenters.